The van der Waals surface area contributed by atoms with E-state index in [0.29, 0.717) is 5.69 Å². The number of aromatic hydroxyl groups is 1. The number of fused-ring (bicyclic) bond motifs is 2. The minimum absolute atomic E-state index is 0. The number of aromatic nitrogens is 4. The number of hydrogen-bond donors (Lipinski definition) is 1. The fourth-order valence-electron chi connectivity index (χ4n) is 4.48. The first-order valence-corrected chi connectivity index (χ1v) is 12.3. The van der Waals surface area contributed by atoms with E-state index in [4.69, 9.17) is 4.98 Å². The number of benzene rings is 3. The zero-order chi connectivity index (χ0) is 25.1. The molecule has 5 rings (SSSR count). The van der Waals surface area contributed by atoms with Crippen LogP contribution in [-0.4, -0.2) is 27.7 Å². The molecule has 5 aromatic rings. The molecule has 0 saturated carbocycles. The number of phenols is 1. The minimum Gasteiger partial charge on any atom is -0.508 e. The van der Waals surface area contributed by atoms with Gasteiger partial charge in [0.15, 0.2) is 6.54 Å². The molecule has 0 atom stereocenters. The molecule has 0 unspecified atom stereocenters. The number of imidazole rings is 1. The van der Waals surface area contributed by atoms with Crippen molar-refractivity contribution in [1.82, 2.24) is 9.55 Å². The smallest absolute Gasteiger partial charge is 0.243 e. The maximum absolute atomic E-state index is 9.51. The van der Waals surface area contributed by atoms with Crippen LogP contribution in [0, 0.1) is 0 Å². The molecule has 8 nitrogen and oxygen atoms in total. The van der Waals surface area contributed by atoms with Crippen LogP contribution in [0.4, 0.5) is 17.1 Å². The van der Waals surface area contributed by atoms with Crippen LogP contribution in [0.2, 0.25) is 0 Å². The summed E-state index contributed by atoms with van der Waals surface area (Å²) in [5.74, 6) is 0.207. The van der Waals surface area contributed by atoms with Crippen LogP contribution in [0.1, 0.15) is 13.8 Å². The molecule has 0 spiro atoms. The summed E-state index contributed by atoms with van der Waals surface area (Å²) in [5.41, 5.74) is 6.61. The Morgan fingerprint density at radius 1 is 0.892 bits per heavy atom. The van der Waals surface area contributed by atoms with Gasteiger partial charge in [-0.05, 0) is 62.4 Å². The third-order valence-electron chi connectivity index (χ3n) is 6.41. The largest absolute Gasteiger partial charge is 0.508 e. The predicted octanol–water partition coefficient (Wildman–Crippen LogP) is 4.97. The van der Waals surface area contributed by atoms with Crippen molar-refractivity contribution in [2.24, 2.45) is 17.3 Å². The number of rotatable bonds is 8. The van der Waals surface area contributed by atoms with Crippen LogP contribution in [0.3, 0.4) is 0 Å². The molecular formula is C28H31N7OW+2. The number of azo groups is 1. The van der Waals surface area contributed by atoms with Crippen molar-refractivity contribution in [3.8, 4) is 5.75 Å². The van der Waals surface area contributed by atoms with E-state index in [2.05, 4.69) is 68.8 Å². The topological polar surface area (TPSA) is 73.8 Å². The molecule has 0 aliphatic carbocycles. The van der Waals surface area contributed by atoms with E-state index in [0.717, 1.165) is 53.9 Å². The molecule has 0 bridgehead atoms. The van der Waals surface area contributed by atoms with Gasteiger partial charge in [-0.2, -0.15) is 14.8 Å². The molecule has 2 heterocycles. The normalized spacial score (nSPS) is 11.3. The zero-order valence-corrected chi connectivity index (χ0v) is 24.3. The molecule has 2 aromatic heterocycles. The summed E-state index contributed by atoms with van der Waals surface area (Å²) in [7, 11) is 2.03. The Balaban J connectivity index is 0.00000320. The van der Waals surface area contributed by atoms with Crippen molar-refractivity contribution in [3.05, 3.63) is 79.4 Å². The summed E-state index contributed by atoms with van der Waals surface area (Å²) in [6, 6.07) is 19.2. The van der Waals surface area contributed by atoms with Gasteiger partial charge in [0.2, 0.25) is 17.4 Å². The van der Waals surface area contributed by atoms with Gasteiger partial charge >= 0.3 is 0 Å². The van der Waals surface area contributed by atoms with E-state index in [1.54, 1.807) is 24.3 Å². The average Bonchev–Trinajstić information content (AvgIpc) is 3.32. The minimum atomic E-state index is 0. The van der Waals surface area contributed by atoms with Crippen LogP contribution in [-0.2, 0) is 41.2 Å². The first kappa shape index (κ1) is 26.4. The summed E-state index contributed by atoms with van der Waals surface area (Å²) in [6.45, 7) is 7.86. The first-order chi connectivity index (χ1) is 17.5. The summed E-state index contributed by atoms with van der Waals surface area (Å²) < 4.78 is 6.58. The van der Waals surface area contributed by atoms with Gasteiger partial charge in [0.25, 0.3) is 0 Å². The SMILES string of the molecule is CCN(CC)c1ccc2nc3ccc(N=Nc4ccc(O)cc4)cc3[n+](CCn3cc[n+](C)c3)c2c1.[W]. The second kappa shape index (κ2) is 11.6. The fourth-order valence-corrected chi connectivity index (χ4v) is 4.48. The van der Waals surface area contributed by atoms with Crippen LogP contribution in [0.5, 0.6) is 5.75 Å². The number of nitrogens with zero attached hydrogens (tertiary/aromatic N) is 7. The van der Waals surface area contributed by atoms with E-state index >= 15 is 0 Å². The molecule has 0 aliphatic heterocycles. The Hall–Kier alpha value is -3.64. The van der Waals surface area contributed by atoms with Crippen molar-refractivity contribution in [2.45, 2.75) is 26.9 Å². The molecule has 0 radical (unpaired) electrons. The Morgan fingerprint density at radius 2 is 1.54 bits per heavy atom. The third kappa shape index (κ3) is 5.86. The second-order valence-corrected chi connectivity index (χ2v) is 8.82. The fraction of sp³-hybridized carbons (Fsp3) is 0.250. The Bertz CT molecular complexity index is 1540. The first-order valence-electron chi connectivity index (χ1n) is 12.3. The average molecular weight is 665 g/mol. The van der Waals surface area contributed by atoms with Crippen molar-refractivity contribution < 1.29 is 35.3 Å². The van der Waals surface area contributed by atoms with Crippen LogP contribution >= 0.6 is 0 Å². The quantitative estimate of drug-likeness (QED) is 0.145. The van der Waals surface area contributed by atoms with Gasteiger partial charge in [-0.3, -0.25) is 0 Å². The van der Waals surface area contributed by atoms with Gasteiger partial charge in [-0.1, -0.05) is 0 Å². The molecule has 0 fully saturated rings. The van der Waals surface area contributed by atoms with Crippen molar-refractivity contribution in [1.29, 1.82) is 0 Å². The zero-order valence-electron chi connectivity index (χ0n) is 21.3. The molecule has 0 aliphatic rings. The monoisotopic (exact) mass is 665 g/mol. The van der Waals surface area contributed by atoms with Crippen LogP contribution in [0.15, 0.2) is 89.6 Å². The summed E-state index contributed by atoms with van der Waals surface area (Å²) in [6.07, 6.45) is 6.23. The van der Waals surface area contributed by atoms with Crippen molar-refractivity contribution in [3.63, 3.8) is 0 Å². The van der Waals surface area contributed by atoms with Gasteiger partial charge in [0.05, 0.1) is 18.4 Å². The maximum atomic E-state index is 9.51. The van der Waals surface area contributed by atoms with Gasteiger partial charge < -0.3 is 10.0 Å². The molecular weight excluding hydrogens is 634 g/mol. The van der Waals surface area contributed by atoms with E-state index < -0.39 is 0 Å². The summed E-state index contributed by atoms with van der Waals surface area (Å²) in [5, 5.41) is 18.3. The van der Waals surface area contributed by atoms with Crippen LogP contribution in [0.25, 0.3) is 22.1 Å². The van der Waals surface area contributed by atoms with Gasteiger partial charge in [-0.25, -0.2) is 14.1 Å². The van der Waals surface area contributed by atoms with E-state index in [1.165, 1.54) is 5.69 Å². The molecule has 9 heteroatoms. The second-order valence-electron chi connectivity index (χ2n) is 8.82. The number of hydrogen-bond acceptors (Lipinski definition) is 5. The standard InChI is InChI=1S/C28H30N7O.W/c1-4-34(5-2)23-9-13-26-28(19-23)35(17-16-33-15-14-32(3)20-33)27-18-22(8-12-25(27)29-26)31-30-21-6-10-24(36)11-7-21;/h6-15,18-20H,4-5,16-17H2,1-3H3;/q+1;/p+1. The summed E-state index contributed by atoms with van der Waals surface area (Å²) in [4.78, 5) is 7.32. The van der Waals surface area contributed by atoms with E-state index in [-0.39, 0.29) is 26.8 Å². The third-order valence-corrected chi connectivity index (χ3v) is 6.41. The molecule has 37 heavy (non-hydrogen) atoms. The molecule has 3 aromatic carbocycles. The van der Waals surface area contributed by atoms with Gasteiger partial charge in [0.1, 0.15) is 35.7 Å². The van der Waals surface area contributed by atoms with Gasteiger partial charge in [0, 0.05) is 52.0 Å². The predicted molar refractivity (Wildman–Crippen MR) is 141 cm³/mol. The number of anilines is 1. The molecule has 1 N–H and O–H groups in total. The number of phenolic OH excluding ortho intramolecular Hbond substituents is 1. The van der Waals surface area contributed by atoms with Crippen molar-refractivity contribution in [2.75, 3.05) is 18.0 Å². The van der Waals surface area contributed by atoms with Crippen LogP contribution < -0.4 is 14.0 Å². The Morgan fingerprint density at radius 3 is 2.22 bits per heavy atom. The maximum Gasteiger partial charge on any atom is 0.243 e. The molecule has 0 saturated heterocycles. The Kier molecular flexibility index (Phi) is 8.29. The Labute approximate surface area is 230 Å². The van der Waals surface area contributed by atoms with E-state index in [1.807, 2.05) is 36.0 Å². The number of aryl methyl sites for hydroxylation is 3. The van der Waals surface area contributed by atoms with Crippen molar-refractivity contribution >= 4 is 39.1 Å². The molecule has 0 amide bonds. The summed E-state index contributed by atoms with van der Waals surface area (Å²) >= 11 is 0. The van der Waals surface area contributed by atoms with Gasteiger partial charge in [-0.15, -0.1) is 0 Å². The van der Waals surface area contributed by atoms with E-state index in [9.17, 15) is 5.11 Å². The molecule has 188 valence electrons.